The van der Waals surface area contributed by atoms with E-state index in [2.05, 4.69) is 10.3 Å². The lowest BCUT2D eigenvalue weighted by atomic mass is 9.84. The molecule has 0 bridgehead atoms. The van der Waals surface area contributed by atoms with Crippen molar-refractivity contribution in [1.29, 1.82) is 0 Å². The number of ether oxygens (including phenoxy) is 2. The molecule has 148 valence electrons. The Morgan fingerprint density at radius 3 is 2.74 bits per heavy atom. The van der Waals surface area contributed by atoms with Gasteiger partial charge in [-0.2, -0.15) is 0 Å². The molecule has 8 heteroatoms. The maximum absolute atomic E-state index is 12.7. The molecule has 1 N–H and O–H groups in total. The van der Waals surface area contributed by atoms with E-state index in [4.69, 9.17) is 9.47 Å². The Morgan fingerprint density at radius 2 is 2.04 bits per heavy atom. The van der Waals surface area contributed by atoms with Crippen LogP contribution in [0.5, 0.6) is 0 Å². The average molecular weight is 376 g/mol. The number of aryl methyl sites for hydroxylation is 1. The zero-order valence-electron chi connectivity index (χ0n) is 16.1. The summed E-state index contributed by atoms with van der Waals surface area (Å²) in [7, 11) is 1.53. The third kappa shape index (κ3) is 4.56. The van der Waals surface area contributed by atoms with Gasteiger partial charge in [-0.1, -0.05) is 0 Å². The van der Waals surface area contributed by atoms with Crippen LogP contribution < -0.4 is 5.32 Å². The fourth-order valence-corrected chi connectivity index (χ4v) is 3.94. The second kappa shape index (κ2) is 8.67. The summed E-state index contributed by atoms with van der Waals surface area (Å²) in [6, 6.07) is 3.46. The standard InChI is InChI=1S/C19H28N4O4/c1-15-13-16(3-7-20-15)21-18(25)22-8-4-19(5-11-27-12-6-19)23(10-9-22)17(24)14-26-2/h3,7,13H,4-6,8-12,14H2,1-2H3,(H,20,21,25). The van der Waals surface area contributed by atoms with E-state index in [0.717, 1.165) is 30.6 Å². The number of carbonyl (C=O) groups is 2. The van der Waals surface area contributed by atoms with E-state index in [1.165, 1.54) is 7.11 Å². The highest BCUT2D eigenvalue weighted by atomic mass is 16.5. The predicted octanol–water partition coefficient (Wildman–Crippen LogP) is 1.65. The van der Waals surface area contributed by atoms with Gasteiger partial charge in [0.1, 0.15) is 6.61 Å². The van der Waals surface area contributed by atoms with E-state index in [0.29, 0.717) is 32.8 Å². The number of methoxy groups -OCH3 is 1. The molecule has 3 amide bonds. The number of pyridine rings is 1. The van der Waals surface area contributed by atoms with Gasteiger partial charge in [-0.15, -0.1) is 0 Å². The molecule has 27 heavy (non-hydrogen) atoms. The molecule has 0 unspecified atom stereocenters. The first-order chi connectivity index (χ1) is 13.0. The predicted molar refractivity (Wildman–Crippen MR) is 101 cm³/mol. The van der Waals surface area contributed by atoms with Crippen molar-refractivity contribution in [1.82, 2.24) is 14.8 Å². The van der Waals surface area contributed by atoms with E-state index in [-0.39, 0.29) is 24.1 Å². The molecule has 0 aliphatic carbocycles. The molecule has 2 fully saturated rings. The minimum absolute atomic E-state index is 0.0218. The SMILES string of the molecule is COCC(=O)N1CCN(C(=O)Nc2ccnc(C)c2)CCC12CCOCC2. The molecule has 1 spiro atoms. The van der Waals surface area contributed by atoms with Crippen molar-refractivity contribution >= 4 is 17.6 Å². The highest BCUT2D eigenvalue weighted by Crippen LogP contribution is 2.33. The van der Waals surface area contributed by atoms with Crippen molar-refractivity contribution in [3.05, 3.63) is 24.0 Å². The van der Waals surface area contributed by atoms with Crippen LogP contribution in [0.1, 0.15) is 25.0 Å². The van der Waals surface area contributed by atoms with Gasteiger partial charge in [0.25, 0.3) is 0 Å². The third-order valence-electron chi connectivity index (χ3n) is 5.44. The Kier molecular flexibility index (Phi) is 6.28. The van der Waals surface area contributed by atoms with Crippen molar-refractivity contribution in [2.45, 2.75) is 31.7 Å². The number of hydrogen-bond acceptors (Lipinski definition) is 5. The number of aromatic nitrogens is 1. The Balaban J connectivity index is 1.72. The minimum atomic E-state index is -0.254. The first-order valence-electron chi connectivity index (χ1n) is 9.40. The Labute approximate surface area is 159 Å². The molecule has 1 aromatic heterocycles. The number of urea groups is 1. The Bertz CT molecular complexity index is 675. The summed E-state index contributed by atoms with van der Waals surface area (Å²) >= 11 is 0. The zero-order valence-corrected chi connectivity index (χ0v) is 16.1. The molecule has 3 rings (SSSR count). The molecule has 2 aliphatic rings. The van der Waals surface area contributed by atoms with E-state index < -0.39 is 0 Å². The van der Waals surface area contributed by atoms with Crippen molar-refractivity contribution in [2.75, 3.05) is 51.9 Å². The van der Waals surface area contributed by atoms with Crippen LogP contribution in [0.2, 0.25) is 0 Å². The second-order valence-corrected chi connectivity index (χ2v) is 7.17. The van der Waals surface area contributed by atoms with E-state index in [1.807, 2.05) is 17.9 Å². The van der Waals surface area contributed by atoms with Crippen molar-refractivity contribution < 1.29 is 19.1 Å². The van der Waals surface area contributed by atoms with Gasteiger partial charge in [-0.25, -0.2) is 4.79 Å². The maximum atomic E-state index is 12.7. The minimum Gasteiger partial charge on any atom is -0.381 e. The summed E-state index contributed by atoms with van der Waals surface area (Å²) in [6.07, 6.45) is 4.01. The number of nitrogens with zero attached hydrogens (tertiary/aromatic N) is 3. The maximum Gasteiger partial charge on any atom is 0.321 e. The van der Waals surface area contributed by atoms with Crippen LogP contribution in [0.15, 0.2) is 18.3 Å². The number of amides is 3. The topological polar surface area (TPSA) is 84.0 Å². The normalized spacial score (nSPS) is 19.6. The monoisotopic (exact) mass is 376 g/mol. The molecule has 0 aromatic carbocycles. The van der Waals surface area contributed by atoms with Gasteiger partial charge in [0.15, 0.2) is 0 Å². The number of nitrogens with one attached hydrogen (secondary N) is 1. The molecule has 0 atom stereocenters. The lowest BCUT2D eigenvalue weighted by Crippen LogP contribution is -2.55. The van der Waals surface area contributed by atoms with E-state index >= 15 is 0 Å². The van der Waals surface area contributed by atoms with E-state index in [1.54, 1.807) is 17.2 Å². The van der Waals surface area contributed by atoms with Gasteiger partial charge in [-0.3, -0.25) is 9.78 Å². The lowest BCUT2D eigenvalue weighted by Gasteiger charge is -2.45. The molecule has 0 radical (unpaired) electrons. The highest BCUT2D eigenvalue weighted by molar-refractivity contribution is 5.89. The summed E-state index contributed by atoms with van der Waals surface area (Å²) in [6.45, 7) is 4.82. The van der Waals surface area contributed by atoms with Crippen LogP contribution in [0.3, 0.4) is 0 Å². The molecular formula is C19H28N4O4. The number of carbonyl (C=O) groups excluding carboxylic acids is 2. The molecule has 3 heterocycles. The van der Waals surface area contributed by atoms with Crippen LogP contribution >= 0.6 is 0 Å². The molecule has 2 aliphatic heterocycles. The van der Waals surface area contributed by atoms with Crippen molar-refractivity contribution in [2.24, 2.45) is 0 Å². The van der Waals surface area contributed by atoms with Crippen molar-refractivity contribution in [3.63, 3.8) is 0 Å². The van der Waals surface area contributed by atoms with Crippen LogP contribution in [-0.2, 0) is 14.3 Å². The first kappa shape index (κ1) is 19.6. The van der Waals surface area contributed by atoms with Crippen molar-refractivity contribution in [3.8, 4) is 0 Å². The van der Waals surface area contributed by atoms with E-state index in [9.17, 15) is 9.59 Å². The molecule has 1 aromatic rings. The van der Waals surface area contributed by atoms with Gasteiger partial charge in [0.05, 0.1) is 0 Å². The summed E-state index contributed by atoms with van der Waals surface area (Å²) < 4.78 is 10.6. The molecule has 0 saturated carbocycles. The van der Waals surface area contributed by atoms with Gasteiger partial charge in [0, 0.05) is 63.1 Å². The molecule has 8 nitrogen and oxygen atoms in total. The molecular weight excluding hydrogens is 348 g/mol. The quantitative estimate of drug-likeness (QED) is 0.867. The number of rotatable bonds is 3. The number of anilines is 1. The fourth-order valence-electron chi connectivity index (χ4n) is 3.94. The van der Waals surface area contributed by atoms with Gasteiger partial charge < -0.3 is 24.6 Å². The summed E-state index contributed by atoms with van der Waals surface area (Å²) in [5, 5.41) is 2.93. The average Bonchev–Trinajstić information content (AvgIpc) is 2.82. The summed E-state index contributed by atoms with van der Waals surface area (Å²) in [5.41, 5.74) is 1.32. The van der Waals surface area contributed by atoms with Crippen LogP contribution in [0.25, 0.3) is 0 Å². The Morgan fingerprint density at radius 1 is 1.26 bits per heavy atom. The van der Waals surface area contributed by atoms with Crippen LogP contribution in [0.4, 0.5) is 10.5 Å². The highest BCUT2D eigenvalue weighted by Gasteiger charge is 2.43. The van der Waals surface area contributed by atoms with Gasteiger partial charge in [-0.05, 0) is 38.3 Å². The second-order valence-electron chi connectivity index (χ2n) is 7.17. The van der Waals surface area contributed by atoms with Gasteiger partial charge >= 0.3 is 6.03 Å². The van der Waals surface area contributed by atoms with Crippen LogP contribution in [0, 0.1) is 6.92 Å². The first-order valence-corrected chi connectivity index (χ1v) is 9.40. The Hall–Kier alpha value is -2.19. The third-order valence-corrected chi connectivity index (χ3v) is 5.44. The zero-order chi connectivity index (χ0) is 19.3. The number of hydrogen-bond donors (Lipinski definition) is 1. The largest absolute Gasteiger partial charge is 0.381 e. The smallest absolute Gasteiger partial charge is 0.321 e. The fraction of sp³-hybridized carbons (Fsp3) is 0.632. The molecule has 2 saturated heterocycles. The van der Waals surface area contributed by atoms with Gasteiger partial charge in [0.2, 0.25) is 5.91 Å². The summed E-state index contributed by atoms with van der Waals surface area (Å²) in [4.78, 5) is 33.3. The van der Waals surface area contributed by atoms with Crippen LogP contribution in [-0.4, -0.2) is 78.8 Å². The lowest BCUT2D eigenvalue weighted by molar-refractivity contribution is -0.145. The summed E-state index contributed by atoms with van der Waals surface area (Å²) in [5.74, 6) is -0.0218.